The van der Waals surface area contributed by atoms with Gasteiger partial charge in [-0.15, -0.1) is 0 Å². The molecule has 2 heterocycles. The lowest BCUT2D eigenvalue weighted by molar-refractivity contribution is 0.0696. The van der Waals surface area contributed by atoms with Crippen LogP contribution >= 0.6 is 0 Å². The third kappa shape index (κ3) is 2.55. The highest BCUT2D eigenvalue weighted by Gasteiger charge is 2.20. The number of benzene rings is 1. The SMILES string of the molecule is CC(NCc1oc2ccccc2c1C(=O)O)c1ccco1. The van der Waals surface area contributed by atoms with Gasteiger partial charge in [-0.1, -0.05) is 18.2 Å². The molecule has 5 heteroatoms. The van der Waals surface area contributed by atoms with Crippen LogP contribution in [-0.4, -0.2) is 11.1 Å². The number of carboxylic acids is 1. The quantitative estimate of drug-likeness (QED) is 0.749. The van der Waals surface area contributed by atoms with Crippen LogP contribution in [-0.2, 0) is 6.54 Å². The van der Waals surface area contributed by atoms with E-state index in [9.17, 15) is 9.90 Å². The Morgan fingerprint density at radius 2 is 2.10 bits per heavy atom. The summed E-state index contributed by atoms with van der Waals surface area (Å²) >= 11 is 0. The molecule has 0 saturated carbocycles. The first kappa shape index (κ1) is 13.5. The summed E-state index contributed by atoms with van der Waals surface area (Å²) in [6.45, 7) is 2.26. The number of nitrogens with one attached hydrogen (secondary N) is 1. The summed E-state index contributed by atoms with van der Waals surface area (Å²) in [6, 6.07) is 10.8. The minimum Gasteiger partial charge on any atom is -0.478 e. The average Bonchev–Trinajstić information content (AvgIpc) is 3.11. The molecule has 2 aromatic heterocycles. The summed E-state index contributed by atoms with van der Waals surface area (Å²) in [6.07, 6.45) is 1.61. The Kier molecular flexibility index (Phi) is 3.50. The van der Waals surface area contributed by atoms with Crippen molar-refractivity contribution in [1.29, 1.82) is 0 Å². The summed E-state index contributed by atoms with van der Waals surface area (Å²) in [5.41, 5.74) is 0.794. The fourth-order valence-corrected chi connectivity index (χ4v) is 2.34. The van der Waals surface area contributed by atoms with E-state index >= 15 is 0 Å². The van der Waals surface area contributed by atoms with Gasteiger partial charge in [0.15, 0.2) is 0 Å². The molecule has 108 valence electrons. The van der Waals surface area contributed by atoms with E-state index in [1.807, 2.05) is 25.1 Å². The Bertz CT molecular complexity index is 758. The molecule has 0 aliphatic carbocycles. The van der Waals surface area contributed by atoms with Gasteiger partial charge in [0.05, 0.1) is 18.8 Å². The van der Waals surface area contributed by atoms with Crippen molar-refractivity contribution in [3.8, 4) is 0 Å². The molecular formula is C16H15NO4. The van der Waals surface area contributed by atoms with Crippen molar-refractivity contribution in [2.75, 3.05) is 0 Å². The molecule has 0 saturated heterocycles. The van der Waals surface area contributed by atoms with Gasteiger partial charge >= 0.3 is 5.97 Å². The Hall–Kier alpha value is -2.53. The van der Waals surface area contributed by atoms with E-state index in [-0.39, 0.29) is 11.6 Å². The molecule has 0 spiro atoms. The highest BCUT2D eigenvalue weighted by molar-refractivity contribution is 6.03. The summed E-state index contributed by atoms with van der Waals surface area (Å²) in [5, 5.41) is 13.2. The van der Waals surface area contributed by atoms with Crippen molar-refractivity contribution in [2.45, 2.75) is 19.5 Å². The zero-order chi connectivity index (χ0) is 14.8. The van der Waals surface area contributed by atoms with Crippen molar-refractivity contribution in [2.24, 2.45) is 0 Å². The minimum absolute atomic E-state index is 0.0325. The third-order valence-electron chi connectivity index (χ3n) is 3.42. The van der Waals surface area contributed by atoms with Crippen molar-refractivity contribution < 1.29 is 18.7 Å². The normalized spacial score (nSPS) is 12.6. The lowest BCUT2D eigenvalue weighted by atomic mass is 10.1. The number of rotatable bonds is 5. The van der Waals surface area contributed by atoms with E-state index in [4.69, 9.17) is 8.83 Å². The maximum atomic E-state index is 11.5. The molecular weight excluding hydrogens is 270 g/mol. The van der Waals surface area contributed by atoms with E-state index < -0.39 is 5.97 Å². The first-order valence-corrected chi connectivity index (χ1v) is 6.67. The van der Waals surface area contributed by atoms with Gasteiger partial charge in [-0.2, -0.15) is 0 Å². The second-order valence-corrected chi connectivity index (χ2v) is 4.82. The number of hydrogen-bond acceptors (Lipinski definition) is 4. The Balaban J connectivity index is 1.86. The zero-order valence-electron chi connectivity index (χ0n) is 11.5. The highest BCUT2D eigenvalue weighted by atomic mass is 16.4. The van der Waals surface area contributed by atoms with Crippen molar-refractivity contribution >= 4 is 16.9 Å². The van der Waals surface area contributed by atoms with Gasteiger partial charge < -0.3 is 19.3 Å². The van der Waals surface area contributed by atoms with Gasteiger partial charge in [-0.25, -0.2) is 4.79 Å². The molecule has 1 atom stereocenters. The van der Waals surface area contributed by atoms with Crippen LogP contribution in [0.25, 0.3) is 11.0 Å². The Morgan fingerprint density at radius 3 is 2.81 bits per heavy atom. The van der Waals surface area contributed by atoms with Crippen molar-refractivity contribution in [3.63, 3.8) is 0 Å². The molecule has 0 amide bonds. The number of fused-ring (bicyclic) bond motifs is 1. The van der Waals surface area contributed by atoms with Gasteiger partial charge in [0.2, 0.25) is 0 Å². The summed E-state index contributed by atoms with van der Waals surface area (Å²) in [5.74, 6) is 0.229. The first-order chi connectivity index (χ1) is 10.2. The van der Waals surface area contributed by atoms with Crippen LogP contribution in [0.2, 0.25) is 0 Å². The van der Waals surface area contributed by atoms with Gasteiger partial charge in [-0.05, 0) is 25.1 Å². The van der Waals surface area contributed by atoms with Crippen molar-refractivity contribution in [3.05, 3.63) is 59.7 Å². The number of furan rings is 2. The number of hydrogen-bond donors (Lipinski definition) is 2. The fraction of sp³-hybridized carbons (Fsp3) is 0.188. The summed E-state index contributed by atoms with van der Waals surface area (Å²) in [4.78, 5) is 11.5. The van der Waals surface area contributed by atoms with Crippen LogP contribution in [0.1, 0.15) is 34.8 Å². The van der Waals surface area contributed by atoms with E-state index in [0.29, 0.717) is 23.3 Å². The second kappa shape index (κ2) is 5.46. The second-order valence-electron chi connectivity index (χ2n) is 4.82. The van der Waals surface area contributed by atoms with Crippen LogP contribution < -0.4 is 5.32 Å². The largest absolute Gasteiger partial charge is 0.478 e. The summed E-state index contributed by atoms with van der Waals surface area (Å²) < 4.78 is 11.0. The Labute approximate surface area is 121 Å². The maximum Gasteiger partial charge on any atom is 0.339 e. The van der Waals surface area contributed by atoms with Crippen LogP contribution in [0, 0.1) is 0 Å². The molecule has 0 bridgehead atoms. The number of carboxylic acid groups (broad SMARTS) is 1. The number of carbonyl (C=O) groups is 1. The minimum atomic E-state index is -0.984. The zero-order valence-corrected chi connectivity index (χ0v) is 11.5. The standard InChI is InChI=1S/C16H15NO4/c1-10(12-7-4-8-20-12)17-9-14-15(16(18)19)11-5-2-3-6-13(11)21-14/h2-8,10,17H,9H2,1H3,(H,18,19). The first-order valence-electron chi connectivity index (χ1n) is 6.67. The summed E-state index contributed by atoms with van der Waals surface area (Å²) in [7, 11) is 0. The van der Waals surface area contributed by atoms with Gasteiger partial charge in [0.1, 0.15) is 22.7 Å². The lowest BCUT2D eigenvalue weighted by Gasteiger charge is -2.10. The van der Waals surface area contributed by atoms with Crippen LogP contribution in [0.15, 0.2) is 51.5 Å². The molecule has 2 N–H and O–H groups in total. The molecule has 0 radical (unpaired) electrons. The molecule has 1 unspecified atom stereocenters. The average molecular weight is 285 g/mol. The smallest absolute Gasteiger partial charge is 0.339 e. The molecule has 3 aromatic rings. The van der Waals surface area contributed by atoms with E-state index in [1.54, 1.807) is 24.5 Å². The topological polar surface area (TPSA) is 75.6 Å². The molecule has 3 rings (SSSR count). The van der Waals surface area contributed by atoms with Gasteiger partial charge in [0, 0.05) is 5.39 Å². The van der Waals surface area contributed by atoms with Crippen LogP contribution in [0.3, 0.4) is 0 Å². The molecule has 0 aliphatic heterocycles. The van der Waals surface area contributed by atoms with Crippen LogP contribution in [0.5, 0.6) is 0 Å². The van der Waals surface area contributed by atoms with E-state index in [1.165, 1.54) is 0 Å². The molecule has 0 aliphatic rings. The van der Waals surface area contributed by atoms with E-state index in [0.717, 1.165) is 5.76 Å². The number of para-hydroxylation sites is 1. The highest BCUT2D eigenvalue weighted by Crippen LogP contribution is 2.26. The van der Waals surface area contributed by atoms with Gasteiger partial charge in [0.25, 0.3) is 0 Å². The molecule has 5 nitrogen and oxygen atoms in total. The van der Waals surface area contributed by atoms with Gasteiger partial charge in [-0.3, -0.25) is 0 Å². The fourth-order valence-electron chi connectivity index (χ4n) is 2.34. The van der Waals surface area contributed by atoms with E-state index in [2.05, 4.69) is 5.32 Å². The monoisotopic (exact) mass is 285 g/mol. The maximum absolute atomic E-state index is 11.5. The van der Waals surface area contributed by atoms with Crippen LogP contribution in [0.4, 0.5) is 0 Å². The molecule has 0 fully saturated rings. The Morgan fingerprint density at radius 1 is 1.29 bits per heavy atom. The third-order valence-corrected chi connectivity index (χ3v) is 3.42. The molecule has 21 heavy (non-hydrogen) atoms. The number of aromatic carboxylic acids is 1. The molecule has 1 aromatic carbocycles. The lowest BCUT2D eigenvalue weighted by Crippen LogP contribution is -2.18. The predicted octanol–water partition coefficient (Wildman–Crippen LogP) is 3.57. The van der Waals surface area contributed by atoms with Crippen molar-refractivity contribution in [1.82, 2.24) is 5.32 Å². The predicted molar refractivity (Wildman–Crippen MR) is 77.1 cm³/mol.